The van der Waals surface area contributed by atoms with Crippen molar-refractivity contribution in [2.45, 2.75) is 6.18 Å². The molecule has 0 unspecified atom stereocenters. The zero-order valence-corrected chi connectivity index (χ0v) is 13.0. The zero-order valence-electron chi connectivity index (χ0n) is 13.0. The highest BCUT2D eigenvalue weighted by atomic mass is 19.4. The minimum atomic E-state index is -4.64. The van der Waals surface area contributed by atoms with Crippen molar-refractivity contribution in [1.82, 2.24) is 14.9 Å². The third-order valence-electron chi connectivity index (χ3n) is 3.90. The number of carbonyl (C=O) groups excluding carboxylic acids is 1. The average molecular weight is 354 g/mol. The molecular formula is C16H14F4N4O. The predicted octanol–water partition coefficient (Wildman–Crippen LogP) is 2.60. The van der Waals surface area contributed by atoms with Crippen molar-refractivity contribution in [2.75, 3.05) is 31.1 Å². The second kappa shape index (κ2) is 6.66. The Bertz CT molecular complexity index is 773. The predicted molar refractivity (Wildman–Crippen MR) is 81.6 cm³/mol. The Balaban J connectivity index is 1.69. The molecule has 25 heavy (non-hydrogen) atoms. The van der Waals surface area contributed by atoms with Gasteiger partial charge < -0.3 is 9.80 Å². The number of anilines is 1. The van der Waals surface area contributed by atoms with E-state index < -0.39 is 23.6 Å². The standard InChI is InChI=1S/C16H14F4N4O/c17-11-3-1-2-4-12(11)23-7-9-24(10-8-23)15(25)14-21-6-5-13(22-14)16(18,19)20/h1-6H,7-10H2. The molecule has 2 aromatic rings. The lowest BCUT2D eigenvalue weighted by molar-refractivity contribution is -0.141. The molecule has 0 radical (unpaired) electrons. The maximum atomic E-state index is 13.8. The fourth-order valence-electron chi connectivity index (χ4n) is 2.62. The fraction of sp³-hybridized carbons (Fsp3) is 0.312. The third-order valence-corrected chi connectivity index (χ3v) is 3.90. The Morgan fingerprint density at radius 1 is 1.04 bits per heavy atom. The average Bonchev–Trinajstić information content (AvgIpc) is 2.61. The molecule has 0 N–H and O–H groups in total. The highest BCUT2D eigenvalue weighted by Crippen LogP contribution is 2.27. The van der Waals surface area contributed by atoms with E-state index in [4.69, 9.17) is 0 Å². The van der Waals surface area contributed by atoms with Crippen molar-refractivity contribution in [1.29, 1.82) is 0 Å². The number of hydrogen-bond donors (Lipinski definition) is 0. The van der Waals surface area contributed by atoms with Crippen LogP contribution in [0.15, 0.2) is 36.5 Å². The Kier molecular flexibility index (Phi) is 4.56. The van der Waals surface area contributed by atoms with E-state index >= 15 is 0 Å². The number of amides is 1. The summed E-state index contributed by atoms with van der Waals surface area (Å²) in [5, 5.41) is 0. The van der Waals surface area contributed by atoms with E-state index in [1.54, 1.807) is 23.1 Å². The van der Waals surface area contributed by atoms with Gasteiger partial charge in [0.15, 0.2) is 0 Å². The van der Waals surface area contributed by atoms with Crippen LogP contribution in [0, 0.1) is 5.82 Å². The minimum absolute atomic E-state index is 0.243. The van der Waals surface area contributed by atoms with Crippen LogP contribution in [0.2, 0.25) is 0 Å². The van der Waals surface area contributed by atoms with Crippen LogP contribution in [0.3, 0.4) is 0 Å². The summed E-state index contributed by atoms with van der Waals surface area (Å²) in [4.78, 5) is 22.4. The Morgan fingerprint density at radius 3 is 2.36 bits per heavy atom. The van der Waals surface area contributed by atoms with Gasteiger partial charge in [-0.15, -0.1) is 0 Å². The van der Waals surface area contributed by atoms with Crippen molar-refractivity contribution in [3.63, 3.8) is 0 Å². The van der Waals surface area contributed by atoms with Gasteiger partial charge in [-0.3, -0.25) is 4.79 Å². The quantitative estimate of drug-likeness (QED) is 0.778. The van der Waals surface area contributed by atoms with Crippen LogP contribution in [-0.4, -0.2) is 47.0 Å². The SMILES string of the molecule is O=C(c1nccc(C(F)(F)F)n1)N1CCN(c2ccccc2F)CC1. The van der Waals surface area contributed by atoms with Crippen molar-refractivity contribution < 1.29 is 22.4 Å². The molecule has 1 saturated heterocycles. The van der Waals surface area contributed by atoms with Crippen LogP contribution in [0.5, 0.6) is 0 Å². The molecule has 1 aromatic heterocycles. The summed E-state index contributed by atoms with van der Waals surface area (Å²) in [6, 6.07) is 7.01. The van der Waals surface area contributed by atoms with Crippen LogP contribution in [0.1, 0.15) is 16.3 Å². The summed E-state index contributed by atoms with van der Waals surface area (Å²) in [7, 11) is 0. The molecule has 1 aromatic carbocycles. The largest absolute Gasteiger partial charge is 0.433 e. The van der Waals surface area contributed by atoms with Gasteiger partial charge in [0.2, 0.25) is 5.82 Å². The molecule has 3 rings (SSSR count). The number of para-hydroxylation sites is 1. The van der Waals surface area contributed by atoms with Crippen LogP contribution in [0.25, 0.3) is 0 Å². The summed E-state index contributed by atoms with van der Waals surface area (Å²) in [6.07, 6.45) is -3.72. The molecule has 132 valence electrons. The molecule has 1 aliphatic heterocycles. The number of nitrogens with zero attached hydrogens (tertiary/aromatic N) is 4. The topological polar surface area (TPSA) is 49.3 Å². The van der Waals surface area contributed by atoms with Gasteiger partial charge in [-0.1, -0.05) is 12.1 Å². The lowest BCUT2D eigenvalue weighted by Crippen LogP contribution is -2.49. The van der Waals surface area contributed by atoms with Gasteiger partial charge in [0, 0.05) is 32.4 Å². The van der Waals surface area contributed by atoms with E-state index in [1.165, 1.54) is 11.0 Å². The van der Waals surface area contributed by atoms with Crippen molar-refractivity contribution in [2.24, 2.45) is 0 Å². The van der Waals surface area contributed by atoms with E-state index in [0.717, 1.165) is 6.20 Å². The molecule has 2 heterocycles. The summed E-state index contributed by atoms with van der Waals surface area (Å²) in [6.45, 7) is 1.22. The van der Waals surface area contributed by atoms with Gasteiger partial charge in [-0.2, -0.15) is 13.2 Å². The summed E-state index contributed by atoms with van der Waals surface area (Å²) < 4.78 is 51.9. The summed E-state index contributed by atoms with van der Waals surface area (Å²) in [5.74, 6) is -1.52. The molecule has 0 atom stereocenters. The van der Waals surface area contributed by atoms with Gasteiger partial charge in [-0.25, -0.2) is 14.4 Å². The number of alkyl halides is 3. The molecule has 1 aliphatic rings. The molecule has 9 heteroatoms. The minimum Gasteiger partial charge on any atom is -0.366 e. The lowest BCUT2D eigenvalue weighted by atomic mass is 10.2. The number of benzene rings is 1. The Hall–Kier alpha value is -2.71. The van der Waals surface area contributed by atoms with E-state index in [2.05, 4.69) is 9.97 Å². The van der Waals surface area contributed by atoms with E-state index in [9.17, 15) is 22.4 Å². The van der Waals surface area contributed by atoms with Gasteiger partial charge in [0.25, 0.3) is 5.91 Å². The van der Waals surface area contributed by atoms with E-state index in [1.807, 2.05) is 0 Å². The number of piperazine rings is 1. The van der Waals surface area contributed by atoms with Crippen molar-refractivity contribution in [3.05, 3.63) is 53.9 Å². The smallest absolute Gasteiger partial charge is 0.366 e. The second-order valence-electron chi connectivity index (χ2n) is 5.49. The third kappa shape index (κ3) is 3.70. The highest BCUT2D eigenvalue weighted by molar-refractivity contribution is 5.90. The molecule has 0 spiro atoms. The molecule has 1 fully saturated rings. The molecule has 0 aliphatic carbocycles. The molecule has 1 amide bonds. The lowest BCUT2D eigenvalue weighted by Gasteiger charge is -2.35. The number of carbonyl (C=O) groups is 1. The zero-order chi connectivity index (χ0) is 18.0. The van der Waals surface area contributed by atoms with Gasteiger partial charge >= 0.3 is 6.18 Å². The molecule has 0 saturated carbocycles. The Morgan fingerprint density at radius 2 is 1.72 bits per heavy atom. The molecule has 0 bridgehead atoms. The first-order chi connectivity index (χ1) is 11.9. The normalized spacial score (nSPS) is 15.4. The van der Waals surface area contributed by atoms with E-state index in [0.29, 0.717) is 24.8 Å². The van der Waals surface area contributed by atoms with Crippen LogP contribution >= 0.6 is 0 Å². The first kappa shape index (κ1) is 17.1. The first-order valence-electron chi connectivity index (χ1n) is 7.55. The number of rotatable bonds is 2. The van der Waals surface area contributed by atoms with Gasteiger partial charge in [0.05, 0.1) is 5.69 Å². The maximum Gasteiger partial charge on any atom is 0.433 e. The number of hydrogen-bond acceptors (Lipinski definition) is 4. The van der Waals surface area contributed by atoms with E-state index in [-0.39, 0.29) is 18.9 Å². The van der Waals surface area contributed by atoms with Crippen molar-refractivity contribution in [3.8, 4) is 0 Å². The number of aromatic nitrogens is 2. The van der Waals surface area contributed by atoms with Gasteiger partial charge in [0.1, 0.15) is 11.5 Å². The maximum absolute atomic E-state index is 13.8. The summed E-state index contributed by atoms with van der Waals surface area (Å²) in [5.41, 5.74) is -0.722. The Labute approximate surface area is 140 Å². The highest BCUT2D eigenvalue weighted by Gasteiger charge is 2.34. The van der Waals surface area contributed by atoms with Gasteiger partial charge in [-0.05, 0) is 18.2 Å². The fourth-order valence-corrected chi connectivity index (χ4v) is 2.62. The van der Waals surface area contributed by atoms with Crippen LogP contribution < -0.4 is 4.90 Å². The summed E-state index contributed by atoms with van der Waals surface area (Å²) >= 11 is 0. The molecule has 5 nitrogen and oxygen atoms in total. The van der Waals surface area contributed by atoms with Crippen LogP contribution in [0.4, 0.5) is 23.2 Å². The van der Waals surface area contributed by atoms with Crippen LogP contribution in [-0.2, 0) is 6.18 Å². The first-order valence-corrected chi connectivity index (χ1v) is 7.55. The molecular weight excluding hydrogens is 340 g/mol. The number of halogens is 4. The monoisotopic (exact) mass is 354 g/mol. The van der Waals surface area contributed by atoms with Crippen molar-refractivity contribution >= 4 is 11.6 Å². The second-order valence-corrected chi connectivity index (χ2v) is 5.49.